The molecule has 0 fully saturated rings. The molecule has 4 rings (SSSR count). The number of rotatable bonds is 5. The molecule has 0 spiro atoms. The largest absolute Gasteiger partial charge is 0.497 e. The zero-order chi connectivity index (χ0) is 20.4. The van der Waals surface area contributed by atoms with Gasteiger partial charge in [0.25, 0.3) is 5.91 Å². The molecule has 0 bridgehead atoms. The molecule has 1 amide bonds. The number of ether oxygens (including phenoxy) is 1. The molecule has 1 N–H and O–H groups in total. The van der Waals surface area contributed by atoms with Crippen LogP contribution in [0.3, 0.4) is 0 Å². The lowest BCUT2D eigenvalue weighted by molar-refractivity contribution is 0.0786. The van der Waals surface area contributed by atoms with Crippen LogP contribution in [0.15, 0.2) is 66.9 Å². The van der Waals surface area contributed by atoms with Crippen LogP contribution >= 0.6 is 0 Å². The second kappa shape index (κ2) is 7.75. The molecule has 6 heteroatoms. The summed E-state index contributed by atoms with van der Waals surface area (Å²) >= 11 is 0. The van der Waals surface area contributed by atoms with Gasteiger partial charge in [-0.25, -0.2) is 4.39 Å². The van der Waals surface area contributed by atoms with Gasteiger partial charge in [0.1, 0.15) is 11.6 Å². The minimum absolute atomic E-state index is 0.159. The van der Waals surface area contributed by atoms with Crippen molar-refractivity contribution in [1.82, 2.24) is 15.1 Å². The van der Waals surface area contributed by atoms with Crippen LogP contribution in [0.25, 0.3) is 22.0 Å². The number of nitrogens with one attached hydrogen (secondary N) is 1. The van der Waals surface area contributed by atoms with E-state index in [0.29, 0.717) is 23.4 Å². The Labute approximate surface area is 167 Å². The summed E-state index contributed by atoms with van der Waals surface area (Å²) < 4.78 is 18.5. The van der Waals surface area contributed by atoms with Crippen LogP contribution in [-0.4, -0.2) is 35.2 Å². The van der Waals surface area contributed by atoms with E-state index in [1.807, 2.05) is 30.3 Å². The highest BCUT2D eigenvalue weighted by Crippen LogP contribution is 2.25. The van der Waals surface area contributed by atoms with Crippen LogP contribution in [0.4, 0.5) is 4.39 Å². The first-order chi connectivity index (χ1) is 14.0. The zero-order valence-electron chi connectivity index (χ0n) is 16.1. The summed E-state index contributed by atoms with van der Waals surface area (Å²) in [4.78, 5) is 14.6. The van der Waals surface area contributed by atoms with Gasteiger partial charge >= 0.3 is 0 Å². The molecule has 0 atom stereocenters. The van der Waals surface area contributed by atoms with Crippen LogP contribution in [0.1, 0.15) is 15.9 Å². The van der Waals surface area contributed by atoms with Crippen molar-refractivity contribution in [3.8, 4) is 17.0 Å². The summed E-state index contributed by atoms with van der Waals surface area (Å²) in [5.41, 5.74) is 2.75. The number of fused-ring (bicyclic) bond motifs is 1. The number of carbonyl (C=O) groups excluding carboxylic acids is 1. The number of carbonyl (C=O) groups is 1. The molecular weight excluding hydrogens is 369 g/mol. The van der Waals surface area contributed by atoms with Gasteiger partial charge in [-0.3, -0.25) is 9.89 Å². The molecule has 3 aromatic carbocycles. The van der Waals surface area contributed by atoms with Crippen molar-refractivity contribution >= 4 is 16.7 Å². The van der Waals surface area contributed by atoms with Crippen LogP contribution in [-0.2, 0) is 6.54 Å². The van der Waals surface area contributed by atoms with E-state index < -0.39 is 0 Å². The van der Waals surface area contributed by atoms with Gasteiger partial charge in [0.15, 0.2) is 0 Å². The van der Waals surface area contributed by atoms with Crippen LogP contribution < -0.4 is 4.74 Å². The predicted octanol–water partition coefficient (Wildman–Crippen LogP) is 4.65. The van der Waals surface area contributed by atoms with Gasteiger partial charge in [-0.05, 0) is 58.8 Å². The fourth-order valence-electron chi connectivity index (χ4n) is 3.33. The molecule has 146 valence electrons. The highest BCUT2D eigenvalue weighted by molar-refractivity contribution is 5.99. The second-order valence-corrected chi connectivity index (χ2v) is 6.87. The molecule has 0 aliphatic heterocycles. The Bertz CT molecular complexity index is 1170. The molecule has 0 unspecified atom stereocenters. The van der Waals surface area contributed by atoms with Crippen molar-refractivity contribution in [2.75, 3.05) is 14.2 Å². The van der Waals surface area contributed by atoms with E-state index in [1.54, 1.807) is 31.2 Å². The van der Waals surface area contributed by atoms with Gasteiger partial charge in [-0.1, -0.05) is 18.2 Å². The van der Waals surface area contributed by atoms with Gasteiger partial charge < -0.3 is 9.64 Å². The van der Waals surface area contributed by atoms with E-state index in [0.717, 1.165) is 22.1 Å². The summed E-state index contributed by atoms with van der Waals surface area (Å²) in [6.45, 7) is 0.453. The number of aromatic amines is 1. The number of methoxy groups -OCH3 is 1. The maximum Gasteiger partial charge on any atom is 0.257 e. The lowest BCUT2D eigenvalue weighted by atomic mass is 10.1. The van der Waals surface area contributed by atoms with Gasteiger partial charge in [-0.2, -0.15) is 5.10 Å². The Hall–Kier alpha value is -3.67. The normalized spacial score (nSPS) is 10.9. The van der Waals surface area contributed by atoms with Gasteiger partial charge in [0, 0.05) is 19.2 Å². The first-order valence-corrected chi connectivity index (χ1v) is 9.16. The third kappa shape index (κ3) is 3.82. The van der Waals surface area contributed by atoms with E-state index in [4.69, 9.17) is 4.74 Å². The fraction of sp³-hybridized carbons (Fsp3) is 0.130. The predicted molar refractivity (Wildman–Crippen MR) is 110 cm³/mol. The average Bonchev–Trinajstić information content (AvgIpc) is 3.23. The molecule has 0 aliphatic rings. The maximum atomic E-state index is 13.2. The topological polar surface area (TPSA) is 58.2 Å². The highest BCUT2D eigenvalue weighted by Gasteiger charge is 2.19. The number of hydrogen-bond acceptors (Lipinski definition) is 3. The van der Waals surface area contributed by atoms with Crippen LogP contribution in [0.2, 0.25) is 0 Å². The third-order valence-electron chi connectivity index (χ3n) is 4.88. The Kier molecular flexibility index (Phi) is 4.99. The van der Waals surface area contributed by atoms with Crippen molar-refractivity contribution in [2.24, 2.45) is 0 Å². The molecule has 29 heavy (non-hydrogen) atoms. The molecule has 4 aromatic rings. The summed E-state index contributed by atoms with van der Waals surface area (Å²) in [6.07, 6.45) is 1.50. The van der Waals surface area contributed by atoms with Crippen molar-refractivity contribution < 1.29 is 13.9 Å². The van der Waals surface area contributed by atoms with E-state index in [-0.39, 0.29) is 11.7 Å². The number of hydrogen-bond donors (Lipinski definition) is 1. The van der Waals surface area contributed by atoms with E-state index >= 15 is 0 Å². The molecule has 0 radical (unpaired) electrons. The lowest BCUT2D eigenvalue weighted by Gasteiger charge is -2.18. The Balaban J connectivity index is 1.55. The summed E-state index contributed by atoms with van der Waals surface area (Å²) in [6, 6.07) is 18.0. The summed E-state index contributed by atoms with van der Waals surface area (Å²) in [5.74, 6) is 0.325. The second-order valence-electron chi connectivity index (χ2n) is 6.87. The molecule has 0 aliphatic carbocycles. The number of aromatic nitrogens is 2. The first kappa shape index (κ1) is 18.7. The Morgan fingerprint density at radius 2 is 1.79 bits per heavy atom. The standard InChI is InChI=1S/C23H20FN3O2/c1-27(14-15-3-4-18-12-20(29-2)10-7-17(18)11-15)23(28)21-13-25-26-22(21)16-5-8-19(24)9-6-16/h3-13H,14H2,1-2H3,(H,25,26). The van der Waals surface area contributed by atoms with Gasteiger partial charge in [0.2, 0.25) is 0 Å². The summed E-state index contributed by atoms with van der Waals surface area (Å²) in [7, 11) is 3.40. The number of nitrogens with zero attached hydrogens (tertiary/aromatic N) is 2. The number of amides is 1. The summed E-state index contributed by atoms with van der Waals surface area (Å²) in [5, 5.41) is 9.02. The van der Waals surface area contributed by atoms with E-state index in [2.05, 4.69) is 16.3 Å². The quantitative estimate of drug-likeness (QED) is 0.541. The average molecular weight is 389 g/mol. The lowest BCUT2D eigenvalue weighted by Crippen LogP contribution is -2.26. The molecule has 0 saturated carbocycles. The molecular formula is C23H20FN3O2. The van der Waals surface area contributed by atoms with Crippen LogP contribution in [0.5, 0.6) is 5.75 Å². The first-order valence-electron chi connectivity index (χ1n) is 9.16. The minimum atomic E-state index is -0.327. The Morgan fingerprint density at radius 1 is 1.07 bits per heavy atom. The maximum absolute atomic E-state index is 13.2. The van der Waals surface area contributed by atoms with Gasteiger partial charge in [-0.15, -0.1) is 0 Å². The molecule has 0 saturated heterocycles. The number of halogens is 1. The number of H-pyrrole nitrogens is 1. The SMILES string of the molecule is COc1ccc2cc(CN(C)C(=O)c3cn[nH]c3-c3ccc(F)cc3)ccc2c1. The monoisotopic (exact) mass is 389 g/mol. The smallest absolute Gasteiger partial charge is 0.257 e. The molecule has 5 nitrogen and oxygen atoms in total. The van der Waals surface area contributed by atoms with Gasteiger partial charge in [0.05, 0.1) is 24.6 Å². The van der Waals surface area contributed by atoms with Crippen molar-refractivity contribution in [2.45, 2.75) is 6.54 Å². The van der Waals surface area contributed by atoms with Crippen molar-refractivity contribution in [3.05, 3.63) is 83.8 Å². The highest BCUT2D eigenvalue weighted by atomic mass is 19.1. The minimum Gasteiger partial charge on any atom is -0.497 e. The van der Waals surface area contributed by atoms with E-state index in [9.17, 15) is 9.18 Å². The Morgan fingerprint density at radius 3 is 2.55 bits per heavy atom. The van der Waals surface area contributed by atoms with Crippen molar-refractivity contribution in [1.29, 1.82) is 0 Å². The van der Waals surface area contributed by atoms with Crippen LogP contribution in [0, 0.1) is 5.82 Å². The molecule has 1 heterocycles. The zero-order valence-corrected chi connectivity index (χ0v) is 16.1. The van der Waals surface area contributed by atoms with Crippen molar-refractivity contribution in [3.63, 3.8) is 0 Å². The fourth-order valence-corrected chi connectivity index (χ4v) is 3.33. The third-order valence-corrected chi connectivity index (χ3v) is 4.88. The number of benzene rings is 3. The molecule has 1 aromatic heterocycles. The van der Waals surface area contributed by atoms with E-state index in [1.165, 1.54) is 18.3 Å².